The summed E-state index contributed by atoms with van der Waals surface area (Å²) in [4.78, 5) is 27.0. The first-order chi connectivity index (χ1) is 17.8. The van der Waals surface area contributed by atoms with Gasteiger partial charge in [-0.25, -0.2) is 8.42 Å². The van der Waals surface area contributed by atoms with Gasteiger partial charge in [0.25, 0.3) is 10.0 Å². The minimum atomic E-state index is -3.96. The minimum absolute atomic E-state index is 0.0160. The van der Waals surface area contributed by atoms with Gasteiger partial charge >= 0.3 is 11.9 Å². The summed E-state index contributed by atoms with van der Waals surface area (Å²) in [7, 11) is -1.48. The number of methoxy groups -OCH3 is 2. The van der Waals surface area contributed by atoms with Crippen LogP contribution >= 0.6 is 0 Å². The standard InChI is InChI=1S/C29H27NO6S/c1-19-13-15-21(16-14-19)37(33,34)30-18-24-23(22-11-7-8-12-25(22)30)17-29(27(31)35-2,28(32)36-3)26(24)20-9-5-4-6-10-20/h4-16,23H,17-18H2,1-3H3. The van der Waals surface area contributed by atoms with Gasteiger partial charge in [-0.2, -0.15) is 0 Å². The number of carbonyl (C=O) groups excluding carboxylic acids is 2. The number of esters is 2. The van der Waals surface area contributed by atoms with Crippen LogP contribution in [0.15, 0.2) is 89.3 Å². The summed E-state index contributed by atoms with van der Waals surface area (Å²) in [6, 6.07) is 23.0. The van der Waals surface area contributed by atoms with Crippen LogP contribution in [0.2, 0.25) is 0 Å². The SMILES string of the molecule is COC(=O)C1(C(=O)OC)CC2C(=C1c1ccccc1)CN(S(=O)(=O)c1ccc(C)cc1)c1ccccc12. The number of ether oxygens (including phenoxy) is 2. The fourth-order valence-electron chi connectivity index (χ4n) is 5.61. The number of nitrogens with zero attached hydrogens (tertiary/aromatic N) is 1. The van der Waals surface area contributed by atoms with Gasteiger partial charge in [0, 0.05) is 5.92 Å². The molecule has 0 amide bonds. The third-order valence-electron chi connectivity index (χ3n) is 7.31. The molecule has 3 aromatic rings. The highest BCUT2D eigenvalue weighted by Gasteiger charge is 2.60. The Morgan fingerprint density at radius 1 is 0.865 bits per heavy atom. The van der Waals surface area contributed by atoms with E-state index < -0.39 is 27.4 Å². The lowest BCUT2D eigenvalue weighted by atomic mass is 9.76. The second-order valence-electron chi connectivity index (χ2n) is 9.30. The third kappa shape index (κ3) is 3.74. The van der Waals surface area contributed by atoms with Crippen molar-refractivity contribution in [3.05, 3.63) is 101 Å². The Kier molecular flexibility index (Phi) is 6.15. The molecule has 0 radical (unpaired) electrons. The van der Waals surface area contributed by atoms with Crippen LogP contribution in [0.4, 0.5) is 5.69 Å². The zero-order valence-electron chi connectivity index (χ0n) is 20.8. The van der Waals surface area contributed by atoms with Gasteiger partial charge in [0.2, 0.25) is 0 Å². The molecular weight excluding hydrogens is 490 g/mol. The number of hydrogen-bond donors (Lipinski definition) is 0. The Balaban J connectivity index is 1.80. The van der Waals surface area contributed by atoms with Crippen molar-refractivity contribution in [2.45, 2.75) is 24.2 Å². The largest absolute Gasteiger partial charge is 0.468 e. The molecule has 190 valence electrons. The predicted octanol–water partition coefficient (Wildman–Crippen LogP) is 4.48. The smallest absolute Gasteiger partial charge is 0.327 e. The molecule has 37 heavy (non-hydrogen) atoms. The van der Waals surface area contributed by atoms with E-state index in [-0.39, 0.29) is 23.8 Å². The van der Waals surface area contributed by atoms with E-state index in [1.165, 1.54) is 18.5 Å². The molecule has 3 aromatic carbocycles. The van der Waals surface area contributed by atoms with Crippen LogP contribution in [-0.4, -0.2) is 41.1 Å². The van der Waals surface area contributed by atoms with Crippen molar-refractivity contribution >= 4 is 33.2 Å². The number of sulfonamides is 1. The van der Waals surface area contributed by atoms with Crippen molar-refractivity contribution in [2.75, 3.05) is 25.1 Å². The lowest BCUT2D eigenvalue weighted by molar-refractivity contribution is -0.164. The van der Waals surface area contributed by atoms with Crippen LogP contribution in [0.3, 0.4) is 0 Å². The van der Waals surface area contributed by atoms with Crippen LogP contribution in [0.25, 0.3) is 5.57 Å². The first-order valence-electron chi connectivity index (χ1n) is 11.9. The van der Waals surface area contributed by atoms with E-state index in [0.29, 0.717) is 22.4 Å². The fourth-order valence-corrected chi connectivity index (χ4v) is 7.08. The summed E-state index contributed by atoms with van der Waals surface area (Å²) in [6.45, 7) is 1.88. The maximum atomic E-state index is 14.0. The van der Waals surface area contributed by atoms with Gasteiger partial charge in [-0.3, -0.25) is 13.9 Å². The zero-order chi connectivity index (χ0) is 26.4. The average Bonchev–Trinajstić information content (AvgIpc) is 3.29. The molecule has 8 heteroatoms. The summed E-state index contributed by atoms with van der Waals surface area (Å²) >= 11 is 0. The highest BCUT2D eigenvalue weighted by atomic mass is 32.2. The second kappa shape index (κ2) is 9.19. The number of hydrogen-bond acceptors (Lipinski definition) is 6. The van der Waals surface area contributed by atoms with E-state index in [1.54, 1.807) is 36.4 Å². The first kappa shape index (κ1) is 24.8. The van der Waals surface area contributed by atoms with E-state index >= 15 is 0 Å². The number of carbonyl (C=O) groups is 2. The van der Waals surface area contributed by atoms with Crippen LogP contribution < -0.4 is 4.31 Å². The van der Waals surface area contributed by atoms with Crippen LogP contribution in [0.1, 0.15) is 29.0 Å². The fraction of sp³-hybridized carbons (Fsp3) is 0.241. The summed E-state index contributed by atoms with van der Waals surface area (Å²) in [5, 5.41) is 0. The van der Waals surface area contributed by atoms with Gasteiger partial charge < -0.3 is 9.47 Å². The summed E-state index contributed by atoms with van der Waals surface area (Å²) in [5.41, 5.74) is 2.22. The van der Waals surface area contributed by atoms with Crippen molar-refractivity contribution < 1.29 is 27.5 Å². The van der Waals surface area contributed by atoms with Gasteiger partial charge in [0.1, 0.15) is 0 Å². The van der Waals surface area contributed by atoms with E-state index in [0.717, 1.165) is 11.1 Å². The second-order valence-corrected chi connectivity index (χ2v) is 11.2. The molecule has 2 aliphatic rings. The minimum Gasteiger partial charge on any atom is -0.468 e. The molecule has 0 fully saturated rings. The average molecular weight is 518 g/mol. The Morgan fingerprint density at radius 2 is 1.46 bits per heavy atom. The van der Waals surface area contributed by atoms with E-state index in [2.05, 4.69) is 0 Å². The molecule has 1 heterocycles. The highest BCUT2D eigenvalue weighted by molar-refractivity contribution is 7.92. The zero-order valence-corrected chi connectivity index (χ0v) is 21.6. The molecule has 1 aliphatic carbocycles. The summed E-state index contributed by atoms with van der Waals surface area (Å²) < 4.78 is 39.6. The van der Waals surface area contributed by atoms with E-state index in [9.17, 15) is 18.0 Å². The summed E-state index contributed by atoms with van der Waals surface area (Å²) in [6.07, 6.45) is 0.0847. The molecule has 0 N–H and O–H groups in total. The van der Waals surface area contributed by atoms with Crippen molar-refractivity contribution in [3.8, 4) is 0 Å². The van der Waals surface area contributed by atoms with Crippen molar-refractivity contribution in [1.29, 1.82) is 0 Å². The van der Waals surface area contributed by atoms with Crippen LogP contribution in [-0.2, 0) is 29.1 Å². The normalized spacial score (nSPS) is 18.1. The Labute approximate surface area is 216 Å². The number of fused-ring (bicyclic) bond motifs is 3. The molecule has 5 rings (SSSR count). The number of anilines is 1. The molecule has 0 spiro atoms. The Bertz CT molecular complexity index is 1490. The van der Waals surface area contributed by atoms with Gasteiger partial charge in [-0.05, 0) is 53.8 Å². The number of aryl methyl sites for hydroxylation is 1. The van der Waals surface area contributed by atoms with Gasteiger partial charge in [0.15, 0.2) is 5.41 Å². The first-order valence-corrected chi connectivity index (χ1v) is 13.3. The predicted molar refractivity (Wildman–Crippen MR) is 139 cm³/mol. The van der Waals surface area contributed by atoms with E-state index in [1.807, 2.05) is 49.4 Å². The maximum absolute atomic E-state index is 14.0. The number of rotatable bonds is 5. The molecule has 0 aromatic heterocycles. The van der Waals surface area contributed by atoms with E-state index in [4.69, 9.17) is 9.47 Å². The van der Waals surface area contributed by atoms with Gasteiger partial charge in [-0.1, -0.05) is 66.2 Å². The molecule has 1 atom stereocenters. The molecule has 0 saturated heterocycles. The van der Waals surface area contributed by atoms with Gasteiger partial charge in [0.05, 0.1) is 31.3 Å². The van der Waals surface area contributed by atoms with Crippen molar-refractivity contribution in [1.82, 2.24) is 0 Å². The molecular formula is C29H27NO6S. The van der Waals surface area contributed by atoms with Crippen LogP contribution in [0, 0.1) is 12.3 Å². The quantitative estimate of drug-likeness (QED) is 0.366. The lowest BCUT2D eigenvalue weighted by Crippen LogP contribution is -2.41. The van der Waals surface area contributed by atoms with Crippen molar-refractivity contribution in [3.63, 3.8) is 0 Å². The molecule has 7 nitrogen and oxygen atoms in total. The maximum Gasteiger partial charge on any atom is 0.327 e. The monoisotopic (exact) mass is 517 g/mol. The highest BCUT2D eigenvalue weighted by Crippen LogP contribution is 2.59. The van der Waals surface area contributed by atoms with Crippen LogP contribution in [0.5, 0.6) is 0 Å². The molecule has 1 unspecified atom stereocenters. The van der Waals surface area contributed by atoms with Crippen molar-refractivity contribution in [2.24, 2.45) is 5.41 Å². The molecule has 0 bridgehead atoms. The number of benzene rings is 3. The molecule has 0 saturated carbocycles. The van der Waals surface area contributed by atoms with Gasteiger partial charge in [-0.15, -0.1) is 0 Å². The third-order valence-corrected chi connectivity index (χ3v) is 9.09. The Morgan fingerprint density at radius 3 is 2.08 bits per heavy atom. The topological polar surface area (TPSA) is 90.0 Å². The molecule has 1 aliphatic heterocycles. The number of para-hydroxylation sites is 1. The lowest BCUT2D eigenvalue weighted by Gasteiger charge is -2.35. The Hall–Kier alpha value is -3.91. The summed E-state index contributed by atoms with van der Waals surface area (Å²) in [5.74, 6) is -1.84.